The molecular formula is C14H20N2O2. The van der Waals surface area contributed by atoms with E-state index in [9.17, 15) is 4.79 Å². The molecule has 1 N–H and O–H groups in total. The highest BCUT2D eigenvalue weighted by molar-refractivity contribution is 5.94. The average Bonchev–Trinajstić information content (AvgIpc) is 2.42. The van der Waals surface area contributed by atoms with E-state index in [1.54, 1.807) is 0 Å². The van der Waals surface area contributed by atoms with Gasteiger partial charge in [0.25, 0.3) is 5.91 Å². The Labute approximate surface area is 108 Å². The molecular weight excluding hydrogens is 228 g/mol. The van der Waals surface area contributed by atoms with Gasteiger partial charge in [-0.2, -0.15) is 0 Å². The average molecular weight is 248 g/mol. The summed E-state index contributed by atoms with van der Waals surface area (Å²) in [5.41, 5.74) is 1.78. The lowest BCUT2D eigenvalue weighted by Gasteiger charge is -2.27. The van der Waals surface area contributed by atoms with E-state index in [1.807, 2.05) is 36.9 Å². The van der Waals surface area contributed by atoms with E-state index in [-0.39, 0.29) is 5.91 Å². The highest BCUT2D eigenvalue weighted by Crippen LogP contribution is 2.20. The smallest absolute Gasteiger partial charge is 0.254 e. The molecule has 1 aromatic rings. The minimum atomic E-state index is 0.0949. The maximum atomic E-state index is 12.3. The van der Waals surface area contributed by atoms with Crippen molar-refractivity contribution in [3.8, 4) is 5.75 Å². The van der Waals surface area contributed by atoms with Gasteiger partial charge in [-0.1, -0.05) is 6.07 Å². The molecule has 1 saturated heterocycles. The van der Waals surface area contributed by atoms with Crippen molar-refractivity contribution in [3.63, 3.8) is 0 Å². The van der Waals surface area contributed by atoms with Crippen LogP contribution in [0.1, 0.15) is 22.8 Å². The number of nitrogens with zero attached hydrogens (tertiary/aromatic N) is 1. The third-order valence-electron chi connectivity index (χ3n) is 3.14. The van der Waals surface area contributed by atoms with E-state index in [0.29, 0.717) is 12.2 Å². The molecule has 1 fully saturated rings. The Bertz CT molecular complexity index is 426. The van der Waals surface area contributed by atoms with Crippen molar-refractivity contribution in [1.29, 1.82) is 0 Å². The normalized spacial score (nSPS) is 15.6. The SMILES string of the molecule is CCOc1cc(C(=O)N2CCNCC2)ccc1C. The number of carbonyl (C=O) groups is 1. The van der Waals surface area contributed by atoms with E-state index in [4.69, 9.17) is 4.74 Å². The molecule has 1 aliphatic heterocycles. The molecule has 0 radical (unpaired) electrons. The standard InChI is InChI=1S/C14H20N2O2/c1-3-18-13-10-12(5-4-11(13)2)14(17)16-8-6-15-7-9-16/h4-5,10,15H,3,6-9H2,1-2H3. The predicted molar refractivity (Wildman–Crippen MR) is 71.1 cm³/mol. The van der Waals surface area contributed by atoms with E-state index in [1.165, 1.54) is 0 Å². The van der Waals surface area contributed by atoms with Crippen molar-refractivity contribution in [2.45, 2.75) is 13.8 Å². The minimum Gasteiger partial charge on any atom is -0.494 e. The molecule has 98 valence electrons. The van der Waals surface area contributed by atoms with Crippen LogP contribution in [-0.4, -0.2) is 43.6 Å². The first kappa shape index (κ1) is 12.9. The molecule has 0 saturated carbocycles. The Kier molecular flexibility index (Phi) is 4.20. The molecule has 4 nitrogen and oxygen atoms in total. The Morgan fingerprint density at radius 3 is 2.78 bits per heavy atom. The summed E-state index contributed by atoms with van der Waals surface area (Å²) in [5.74, 6) is 0.899. The van der Waals surface area contributed by atoms with Gasteiger partial charge in [0.05, 0.1) is 6.61 Å². The van der Waals surface area contributed by atoms with Crippen LogP contribution in [0.25, 0.3) is 0 Å². The number of ether oxygens (including phenoxy) is 1. The number of nitrogens with one attached hydrogen (secondary N) is 1. The van der Waals surface area contributed by atoms with Crippen LogP contribution >= 0.6 is 0 Å². The Balaban J connectivity index is 2.16. The lowest BCUT2D eigenvalue weighted by Crippen LogP contribution is -2.46. The minimum absolute atomic E-state index is 0.0949. The maximum Gasteiger partial charge on any atom is 0.254 e. The van der Waals surface area contributed by atoms with Crippen LogP contribution in [0.15, 0.2) is 18.2 Å². The van der Waals surface area contributed by atoms with Gasteiger partial charge < -0.3 is 15.0 Å². The fourth-order valence-corrected chi connectivity index (χ4v) is 2.09. The number of rotatable bonds is 3. The number of piperazine rings is 1. The van der Waals surface area contributed by atoms with Crippen LogP contribution in [0.3, 0.4) is 0 Å². The third-order valence-corrected chi connectivity index (χ3v) is 3.14. The zero-order chi connectivity index (χ0) is 13.0. The van der Waals surface area contributed by atoms with Crippen LogP contribution in [0.4, 0.5) is 0 Å². The molecule has 0 atom stereocenters. The molecule has 1 aromatic carbocycles. The second kappa shape index (κ2) is 5.87. The van der Waals surface area contributed by atoms with Crippen LogP contribution in [0.5, 0.6) is 5.75 Å². The highest BCUT2D eigenvalue weighted by Gasteiger charge is 2.18. The van der Waals surface area contributed by atoms with Gasteiger partial charge in [0, 0.05) is 31.7 Å². The number of hydrogen-bond acceptors (Lipinski definition) is 3. The lowest BCUT2D eigenvalue weighted by atomic mass is 10.1. The molecule has 2 rings (SSSR count). The Morgan fingerprint density at radius 1 is 1.39 bits per heavy atom. The van der Waals surface area contributed by atoms with E-state index in [0.717, 1.165) is 37.5 Å². The second-order valence-corrected chi connectivity index (χ2v) is 4.46. The zero-order valence-corrected chi connectivity index (χ0v) is 11.0. The number of benzene rings is 1. The summed E-state index contributed by atoms with van der Waals surface area (Å²) in [6, 6.07) is 5.67. The fourth-order valence-electron chi connectivity index (χ4n) is 2.09. The highest BCUT2D eigenvalue weighted by atomic mass is 16.5. The summed E-state index contributed by atoms with van der Waals surface area (Å²) in [5, 5.41) is 3.24. The summed E-state index contributed by atoms with van der Waals surface area (Å²) in [4.78, 5) is 14.2. The first-order valence-electron chi connectivity index (χ1n) is 6.46. The molecule has 18 heavy (non-hydrogen) atoms. The third kappa shape index (κ3) is 2.82. The van der Waals surface area contributed by atoms with Crippen molar-refractivity contribution >= 4 is 5.91 Å². The summed E-state index contributed by atoms with van der Waals surface area (Å²) in [7, 11) is 0. The van der Waals surface area contributed by atoms with Crippen molar-refractivity contribution < 1.29 is 9.53 Å². The first-order chi connectivity index (χ1) is 8.72. The van der Waals surface area contributed by atoms with Crippen molar-refractivity contribution in [2.75, 3.05) is 32.8 Å². The molecule has 4 heteroatoms. The quantitative estimate of drug-likeness (QED) is 0.880. The Morgan fingerprint density at radius 2 is 2.11 bits per heavy atom. The number of amides is 1. The summed E-state index contributed by atoms with van der Waals surface area (Å²) < 4.78 is 5.53. The van der Waals surface area contributed by atoms with Crippen LogP contribution in [0, 0.1) is 6.92 Å². The van der Waals surface area contributed by atoms with Gasteiger partial charge in [-0.15, -0.1) is 0 Å². The summed E-state index contributed by atoms with van der Waals surface area (Å²) in [6.07, 6.45) is 0. The van der Waals surface area contributed by atoms with Crippen LogP contribution in [0.2, 0.25) is 0 Å². The summed E-state index contributed by atoms with van der Waals surface area (Å²) >= 11 is 0. The number of aryl methyl sites for hydroxylation is 1. The van der Waals surface area contributed by atoms with Crippen LogP contribution in [-0.2, 0) is 0 Å². The van der Waals surface area contributed by atoms with Gasteiger partial charge in [-0.05, 0) is 31.5 Å². The predicted octanol–water partition coefficient (Wildman–Crippen LogP) is 1.44. The fraction of sp³-hybridized carbons (Fsp3) is 0.500. The molecule has 1 amide bonds. The van der Waals surface area contributed by atoms with Crippen molar-refractivity contribution in [3.05, 3.63) is 29.3 Å². The lowest BCUT2D eigenvalue weighted by molar-refractivity contribution is 0.0735. The molecule has 0 bridgehead atoms. The van der Waals surface area contributed by atoms with E-state index >= 15 is 0 Å². The van der Waals surface area contributed by atoms with Gasteiger partial charge in [-0.3, -0.25) is 4.79 Å². The van der Waals surface area contributed by atoms with Crippen molar-refractivity contribution in [2.24, 2.45) is 0 Å². The maximum absolute atomic E-state index is 12.3. The largest absolute Gasteiger partial charge is 0.494 e. The number of hydrogen-bond donors (Lipinski definition) is 1. The molecule has 0 aromatic heterocycles. The monoisotopic (exact) mass is 248 g/mol. The van der Waals surface area contributed by atoms with Crippen LogP contribution < -0.4 is 10.1 Å². The van der Waals surface area contributed by atoms with Gasteiger partial charge in [0.1, 0.15) is 5.75 Å². The van der Waals surface area contributed by atoms with Gasteiger partial charge in [0.15, 0.2) is 0 Å². The summed E-state index contributed by atoms with van der Waals surface area (Å²) in [6.45, 7) is 7.85. The first-order valence-corrected chi connectivity index (χ1v) is 6.46. The second-order valence-electron chi connectivity index (χ2n) is 4.46. The molecule has 0 unspecified atom stereocenters. The number of carbonyl (C=O) groups excluding carboxylic acids is 1. The van der Waals surface area contributed by atoms with Crippen molar-refractivity contribution in [1.82, 2.24) is 10.2 Å². The van der Waals surface area contributed by atoms with Gasteiger partial charge >= 0.3 is 0 Å². The Hall–Kier alpha value is -1.55. The zero-order valence-electron chi connectivity index (χ0n) is 11.0. The topological polar surface area (TPSA) is 41.6 Å². The molecule has 1 heterocycles. The van der Waals surface area contributed by atoms with E-state index in [2.05, 4.69) is 5.32 Å². The molecule has 1 aliphatic rings. The molecule has 0 spiro atoms. The molecule has 0 aliphatic carbocycles. The van der Waals surface area contributed by atoms with Gasteiger partial charge in [0.2, 0.25) is 0 Å². The van der Waals surface area contributed by atoms with Gasteiger partial charge in [-0.25, -0.2) is 0 Å². The van der Waals surface area contributed by atoms with E-state index < -0.39 is 0 Å².